The lowest BCUT2D eigenvalue weighted by molar-refractivity contribution is 0.0122. The van der Waals surface area contributed by atoms with Crippen LogP contribution in [0.3, 0.4) is 0 Å². The van der Waals surface area contributed by atoms with Gasteiger partial charge in [0.1, 0.15) is 36.2 Å². The molecule has 0 spiro atoms. The van der Waals surface area contributed by atoms with Gasteiger partial charge < -0.3 is 33.7 Å². The molecular weight excluding hydrogens is 677 g/mol. The molecule has 7 rings (SSSR count). The molecule has 6 heterocycles. The molecule has 3 unspecified atom stereocenters. The zero-order chi connectivity index (χ0) is 36.6. The number of morpholine rings is 1. The summed E-state index contributed by atoms with van der Waals surface area (Å²) in [5.74, 6) is 1.51. The fourth-order valence-corrected chi connectivity index (χ4v) is 8.08. The summed E-state index contributed by atoms with van der Waals surface area (Å²) in [4.78, 5) is 37.9. The van der Waals surface area contributed by atoms with E-state index in [1.165, 1.54) is 0 Å². The van der Waals surface area contributed by atoms with Crippen molar-refractivity contribution in [2.45, 2.75) is 89.8 Å². The van der Waals surface area contributed by atoms with E-state index < -0.39 is 19.8 Å². The zero-order valence-electron chi connectivity index (χ0n) is 31.3. The summed E-state index contributed by atoms with van der Waals surface area (Å²) in [6, 6.07) is 11.3. The number of aliphatic hydroxyl groups excluding tert-OH is 1. The molecule has 4 aromatic rings. The molecule has 3 aliphatic heterocycles. The normalized spacial score (nSPS) is 20.1. The highest BCUT2D eigenvalue weighted by Gasteiger charge is 2.45. The zero-order valence-corrected chi connectivity index (χ0v) is 32.3. The maximum absolute atomic E-state index is 12.9. The van der Waals surface area contributed by atoms with Crippen LogP contribution in [0.1, 0.15) is 50.8 Å². The van der Waals surface area contributed by atoms with E-state index in [2.05, 4.69) is 55.0 Å². The maximum atomic E-state index is 12.9. The number of carbonyl (C=O) groups excluding carboxylic acids is 1. The van der Waals surface area contributed by atoms with E-state index in [0.29, 0.717) is 51.2 Å². The Morgan fingerprint density at radius 3 is 2.27 bits per heavy atom. The average Bonchev–Trinajstić information content (AvgIpc) is 3.62. The van der Waals surface area contributed by atoms with Crippen LogP contribution in [0.5, 0.6) is 0 Å². The van der Waals surface area contributed by atoms with Gasteiger partial charge in [0.05, 0.1) is 36.4 Å². The molecule has 1 amide bonds. The first kappa shape index (κ1) is 36.3. The smallest absolute Gasteiger partial charge is 0.410 e. The van der Waals surface area contributed by atoms with Crippen molar-refractivity contribution in [3.8, 4) is 11.3 Å². The van der Waals surface area contributed by atoms with Crippen LogP contribution >= 0.6 is 0 Å². The van der Waals surface area contributed by atoms with Gasteiger partial charge in [-0.1, -0.05) is 43.9 Å². The third-order valence-electron chi connectivity index (χ3n) is 10.1. The fourth-order valence-electron chi connectivity index (χ4n) is 7.32. The Bertz CT molecular complexity index is 1840. The van der Waals surface area contributed by atoms with E-state index in [4.69, 9.17) is 19.2 Å². The molecule has 0 saturated carbocycles. The number of aromatic nitrogens is 5. The van der Waals surface area contributed by atoms with Gasteiger partial charge in [-0.15, -0.1) is 0 Å². The van der Waals surface area contributed by atoms with Gasteiger partial charge in [0.15, 0.2) is 0 Å². The highest BCUT2D eigenvalue weighted by atomic mass is 28.3. The van der Waals surface area contributed by atoms with Gasteiger partial charge in [-0.2, -0.15) is 0 Å². The van der Waals surface area contributed by atoms with E-state index in [0.717, 1.165) is 65.6 Å². The van der Waals surface area contributed by atoms with Crippen molar-refractivity contribution in [1.29, 1.82) is 0 Å². The minimum absolute atomic E-state index is 0.0643. The summed E-state index contributed by atoms with van der Waals surface area (Å²) in [5.41, 5.74) is 3.63. The van der Waals surface area contributed by atoms with Crippen LogP contribution in [-0.4, -0.2) is 112 Å². The van der Waals surface area contributed by atoms with Gasteiger partial charge in [0, 0.05) is 58.8 Å². The first-order valence-electron chi connectivity index (χ1n) is 18.5. The van der Waals surface area contributed by atoms with E-state index in [-0.39, 0.29) is 18.2 Å². The summed E-state index contributed by atoms with van der Waals surface area (Å²) < 4.78 is 19.7. The molecule has 14 heteroatoms. The summed E-state index contributed by atoms with van der Waals surface area (Å²) in [6.07, 6.45) is 5.76. The standard InChI is InChI=1S/C38H52N8O5Si/c1-38(2,3)51-37(48)46-29-11-12-30(46)23-44(22-29)36-39-20-28(21-40-36)33(47)27-9-7-26(8-10-27)32-19-31-34(43-13-15-49-16-14-43)41-24-42-35(31)45(32)25-50-17-18-52(4,5)6/h7-10,19-21,24,29-30,33,47H,11-18,22-23,25H2,1-6H3. The Labute approximate surface area is 306 Å². The van der Waals surface area contributed by atoms with E-state index in [1.54, 1.807) is 18.7 Å². The molecule has 3 saturated heterocycles. The molecule has 2 bridgehead atoms. The van der Waals surface area contributed by atoms with E-state index >= 15 is 0 Å². The predicted molar refractivity (Wildman–Crippen MR) is 203 cm³/mol. The molecule has 52 heavy (non-hydrogen) atoms. The minimum atomic E-state index is -1.25. The highest BCUT2D eigenvalue weighted by Crippen LogP contribution is 2.35. The number of hydrogen-bond donors (Lipinski definition) is 1. The van der Waals surface area contributed by atoms with E-state index in [1.807, 2.05) is 49.9 Å². The number of nitrogens with zero attached hydrogens (tertiary/aromatic N) is 8. The Morgan fingerprint density at radius 1 is 0.962 bits per heavy atom. The van der Waals surface area contributed by atoms with Crippen molar-refractivity contribution >= 4 is 37.0 Å². The number of fused-ring (bicyclic) bond motifs is 3. The second kappa shape index (κ2) is 14.7. The molecule has 1 aromatic carbocycles. The van der Waals surface area contributed by atoms with Crippen LogP contribution in [0.2, 0.25) is 25.7 Å². The molecule has 3 fully saturated rings. The predicted octanol–water partition coefficient (Wildman–Crippen LogP) is 5.71. The van der Waals surface area contributed by atoms with Gasteiger partial charge in [0.25, 0.3) is 0 Å². The number of piperazine rings is 1. The van der Waals surface area contributed by atoms with Crippen molar-refractivity contribution in [3.63, 3.8) is 0 Å². The fraction of sp³-hybridized carbons (Fsp3) is 0.553. The molecule has 1 N–H and O–H groups in total. The maximum Gasteiger partial charge on any atom is 0.410 e. The van der Waals surface area contributed by atoms with Gasteiger partial charge in [-0.3, -0.25) is 4.90 Å². The number of anilines is 2. The van der Waals surface area contributed by atoms with Crippen LogP contribution in [0.4, 0.5) is 16.6 Å². The first-order valence-corrected chi connectivity index (χ1v) is 22.2. The third kappa shape index (κ3) is 7.94. The van der Waals surface area contributed by atoms with Crippen molar-refractivity contribution < 1.29 is 24.1 Å². The SMILES string of the molecule is CC(C)(C)OC(=O)N1C2CCC1CN(c1ncc(C(O)c3ccc(-c4cc5c(N6CCOCC6)ncnc5n4COCC[Si](C)(C)C)cc3)cn1)C2. The summed E-state index contributed by atoms with van der Waals surface area (Å²) >= 11 is 0. The largest absolute Gasteiger partial charge is 0.444 e. The summed E-state index contributed by atoms with van der Waals surface area (Å²) in [7, 11) is -1.25. The minimum Gasteiger partial charge on any atom is -0.444 e. The van der Waals surface area contributed by atoms with Crippen LogP contribution < -0.4 is 9.80 Å². The van der Waals surface area contributed by atoms with Crippen LogP contribution in [0.25, 0.3) is 22.3 Å². The van der Waals surface area contributed by atoms with Crippen molar-refractivity contribution in [3.05, 3.63) is 60.2 Å². The molecular formula is C38H52N8O5Si. The van der Waals surface area contributed by atoms with Gasteiger partial charge >= 0.3 is 6.09 Å². The summed E-state index contributed by atoms with van der Waals surface area (Å²) in [6.45, 7) is 18.0. The second-order valence-corrected chi connectivity index (χ2v) is 22.0. The van der Waals surface area contributed by atoms with Gasteiger partial charge in [-0.05, 0) is 56.9 Å². The number of hydrogen-bond acceptors (Lipinski definition) is 11. The number of amides is 1. The van der Waals surface area contributed by atoms with E-state index in [9.17, 15) is 9.90 Å². The number of rotatable bonds is 10. The molecule has 3 atom stereocenters. The number of aliphatic hydroxyl groups is 1. The second-order valence-electron chi connectivity index (χ2n) is 16.4. The van der Waals surface area contributed by atoms with Crippen molar-refractivity contribution in [2.24, 2.45) is 0 Å². The highest BCUT2D eigenvalue weighted by molar-refractivity contribution is 6.76. The lowest BCUT2D eigenvalue weighted by atomic mass is 10.0. The molecule has 0 radical (unpaired) electrons. The molecule has 3 aromatic heterocycles. The third-order valence-corrected chi connectivity index (χ3v) is 11.8. The molecule has 0 aliphatic carbocycles. The molecule has 278 valence electrons. The lowest BCUT2D eigenvalue weighted by Gasteiger charge is -2.41. The lowest BCUT2D eigenvalue weighted by Crippen LogP contribution is -2.57. The topological polar surface area (TPSA) is 131 Å². The Morgan fingerprint density at radius 2 is 1.63 bits per heavy atom. The molecule has 13 nitrogen and oxygen atoms in total. The number of ether oxygens (including phenoxy) is 3. The number of benzene rings is 1. The Balaban J connectivity index is 1.07. The summed E-state index contributed by atoms with van der Waals surface area (Å²) in [5, 5.41) is 12.4. The quantitative estimate of drug-likeness (QED) is 0.159. The first-order chi connectivity index (χ1) is 24.8. The number of carbonyl (C=O) groups is 1. The Hall–Kier alpha value is -4.11. The van der Waals surface area contributed by atoms with Crippen molar-refractivity contribution in [2.75, 3.05) is 55.8 Å². The van der Waals surface area contributed by atoms with Crippen molar-refractivity contribution in [1.82, 2.24) is 29.4 Å². The molecule has 3 aliphatic rings. The monoisotopic (exact) mass is 728 g/mol. The average molecular weight is 729 g/mol. The van der Waals surface area contributed by atoms with Crippen LogP contribution in [0.15, 0.2) is 49.1 Å². The van der Waals surface area contributed by atoms with Crippen LogP contribution in [0, 0.1) is 0 Å². The van der Waals surface area contributed by atoms with Gasteiger partial charge in [-0.25, -0.2) is 24.7 Å². The van der Waals surface area contributed by atoms with Gasteiger partial charge in [0.2, 0.25) is 5.95 Å². The Kier molecular flexibility index (Phi) is 10.3. The van der Waals surface area contributed by atoms with Crippen LogP contribution in [-0.2, 0) is 20.9 Å².